The predicted molar refractivity (Wildman–Crippen MR) is 121 cm³/mol. The van der Waals surface area contributed by atoms with E-state index >= 15 is 4.39 Å². The Kier molecular flexibility index (Phi) is 5.86. The molecule has 1 aromatic heterocycles. The molecule has 6 nitrogen and oxygen atoms in total. The van der Waals surface area contributed by atoms with Crippen molar-refractivity contribution in [1.82, 2.24) is 14.5 Å². The Labute approximate surface area is 188 Å². The second kappa shape index (κ2) is 8.34. The molecule has 2 aromatic rings. The van der Waals surface area contributed by atoms with Crippen LogP contribution < -0.4 is 5.56 Å². The van der Waals surface area contributed by atoms with Crippen LogP contribution in [0, 0.1) is 5.41 Å². The number of hydrogen-bond acceptors (Lipinski definition) is 4. The van der Waals surface area contributed by atoms with E-state index in [2.05, 4.69) is 4.98 Å². The number of aromatic nitrogens is 2. The summed E-state index contributed by atoms with van der Waals surface area (Å²) in [4.78, 5) is 31.6. The SMILES string of the molecule is CC(C)(C)OC(=O)N1CCC(F)(Cn2cnc(-c3ccccc3)cc2=O)C2(CCCC2)C1. The molecular formula is C25H32FN3O3. The molecule has 1 amide bonds. The molecule has 1 atom stereocenters. The van der Waals surface area contributed by atoms with Gasteiger partial charge in [0.1, 0.15) is 11.3 Å². The molecule has 7 heteroatoms. The lowest BCUT2D eigenvalue weighted by Crippen LogP contribution is -2.60. The number of nitrogens with zero attached hydrogens (tertiary/aromatic N) is 3. The number of benzene rings is 1. The van der Waals surface area contributed by atoms with Gasteiger partial charge in [-0.3, -0.25) is 9.36 Å². The highest BCUT2D eigenvalue weighted by molar-refractivity contribution is 5.68. The van der Waals surface area contributed by atoms with Gasteiger partial charge in [0.2, 0.25) is 0 Å². The minimum Gasteiger partial charge on any atom is -0.444 e. The van der Waals surface area contributed by atoms with Crippen LogP contribution in [0.1, 0.15) is 52.9 Å². The molecular weight excluding hydrogens is 409 g/mol. The number of likely N-dealkylation sites (tertiary alicyclic amines) is 1. The van der Waals surface area contributed by atoms with Crippen molar-refractivity contribution in [1.29, 1.82) is 0 Å². The van der Waals surface area contributed by atoms with Crippen LogP contribution in [-0.4, -0.2) is 44.9 Å². The van der Waals surface area contributed by atoms with Crippen molar-refractivity contribution in [2.45, 2.75) is 70.7 Å². The number of halogens is 1. The number of hydrogen-bond donors (Lipinski definition) is 0. The van der Waals surface area contributed by atoms with Crippen molar-refractivity contribution in [2.24, 2.45) is 5.41 Å². The van der Waals surface area contributed by atoms with E-state index in [1.807, 2.05) is 51.1 Å². The van der Waals surface area contributed by atoms with Crippen LogP contribution in [-0.2, 0) is 11.3 Å². The van der Waals surface area contributed by atoms with Crippen molar-refractivity contribution in [2.75, 3.05) is 13.1 Å². The summed E-state index contributed by atoms with van der Waals surface area (Å²) in [5, 5.41) is 0. The maximum absolute atomic E-state index is 16.6. The van der Waals surface area contributed by atoms with Crippen molar-refractivity contribution in [3.05, 3.63) is 53.1 Å². The van der Waals surface area contributed by atoms with Crippen LogP contribution in [0.2, 0.25) is 0 Å². The summed E-state index contributed by atoms with van der Waals surface area (Å²) < 4.78 is 23.6. The number of amides is 1. The van der Waals surface area contributed by atoms with E-state index in [1.54, 1.807) is 4.90 Å². The van der Waals surface area contributed by atoms with Gasteiger partial charge in [0, 0.05) is 36.6 Å². The van der Waals surface area contributed by atoms with E-state index < -0.39 is 22.8 Å². The molecule has 32 heavy (non-hydrogen) atoms. The van der Waals surface area contributed by atoms with Crippen LogP contribution in [0.5, 0.6) is 0 Å². The number of alkyl halides is 1. The van der Waals surface area contributed by atoms with Gasteiger partial charge in [-0.25, -0.2) is 14.2 Å². The molecule has 1 aliphatic heterocycles. The fraction of sp³-hybridized carbons (Fsp3) is 0.560. The van der Waals surface area contributed by atoms with Gasteiger partial charge < -0.3 is 9.64 Å². The van der Waals surface area contributed by atoms with Gasteiger partial charge in [-0.1, -0.05) is 43.2 Å². The van der Waals surface area contributed by atoms with Crippen molar-refractivity contribution >= 4 is 6.09 Å². The average Bonchev–Trinajstić information content (AvgIpc) is 3.21. The van der Waals surface area contributed by atoms with E-state index in [1.165, 1.54) is 17.0 Å². The Morgan fingerprint density at radius 3 is 2.47 bits per heavy atom. The normalized spacial score (nSPS) is 22.8. The smallest absolute Gasteiger partial charge is 0.410 e. The van der Waals surface area contributed by atoms with Crippen molar-refractivity contribution in [3.63, 3.8) is 0 Å². The lowest BCUT2D eigenvalue weighted by atomic mass is 9.67. The fourth-order valence-electron chi connectivity index (χ4n) is 5.13. The quantitative estimate of drug-likeness (QED) is 0.685. The molecule has 1 saturated carbocycles. The van der Waals surface area contributed by atoms with Gasteiger partial charge >= 0.3 is 6.09 Å². The minimum atomic E-state index is -1.58. The van der Waals surface area contributed by atoms with Gasteiger partial charge in [-0.2, -0.15) is 0 Å². The number of ether oxygens (including phenoxy) is 1. The van der Waals surface area contributed by atoms with Crippen LogP contribution >= 0.6 is 0 Å². The third-order valence-electron chi connectivity index (χ3n) is 6.80. The van der Waals surface area contributed by atoms with Gasteiger partial charge in [0.05, 0.1) is 18.6 Å². The monoisotopic (exact) mass is 441 g/mol. The number of carbonyl (C=O) groups is 1. The highest BCUT2D eigenvalue weighted by atomic mass is 19.1. The summed E-state index contributed by atoms with van der Waals surface area (Å²) >= 11 is 0. The van der Waals surface area contributed by atoms with E-state index in [4.69, 9.17) is 4.74 Å². The molecule has 1 spiro atoms. The van der Waals surface area contributed by atoms with Gasteiger partial charge in [0.15, 0.2) is 0 Å². The van der Waals surface area contributed by atoms with Crippen LogP contribution in [0.3, 0.4) is 0 Å². The Hall–Kier alpha value is -2.70. The molecule has 0 radical (unpaired) electrons. The Bertz CT molecular complexity index is 1020. The molecule has 2 heterocycles. The average molecular weight is 442 g/mol. The molecule has 0 bridgehead atoms. The molecule has 1 aromatic carbocycles. The first kappa shape index (κ1) is 22.5. The van der Waals surface area contributed by atoms with Gasteiger partial charge in [-0.15, -0.1) is 0 Å². The Balaban J connectivity index is 1.57. The molecule has 4 rings (SSSR count). The van der Waals surface area contributed by atoms with Gasteiger partial charge in [-0.05, 0) is 33.6 Å². The number of piperidine rings is 1. The Morgan fingerprint density at radius 2 is 1.84 bits per heavy atom. The van der Waals surface area contributed by atoms with Crippen LogP contribution in [0.25, 0.3) is 11.3 Å². The highest BCUT2D eigenvalue weighted by Crippen LogP contribution is 2.53. The van der Waals surface area contributed by atoms with Crippen molar-refractivity contribution in [3.8, 4) is 11.3 Å². The standard InChI is InChI=1S/C25H32FN3O3/c1-23(2,3)32-22(31)28-14-13-25(26,24(16-28)11-7-8-12-24)17-29-18-27-20(15-21(29)30)19-9-5-4-6-10-19/h4-6,9-10,15,18H,7-8,11-14,16-17H2,1-3H3. The number of rotatable bonds is 3. The Morgan fingerprint density at radius 1 is 1.16 bits per heavy atom. The summed E-state index contributed by atoms with van der Waals surface area (Å²) in [5.74, 6) is 0. The van der Waals surface area contributed by atoms with E-state index in [0.29, 0.717) is 25.1 Å². The second-order valence-electron chi connectivity index (χ2n) is 10.2. The molecule has 1 aliphatic carbocycles. The second-order valence-corrected chi connectivity index (χ2v) is 10.2. The summed E-state index contributed by atoms with van der Waals surface area (Å²) in [6.45, 7) is 6.05. The zero-order valence-corrected chi connectivity index (χ0v) is 19.1. The topological polar surface area (TPSA) is 64.4 Å². The number of carbonyl (C=O) groups excluding carboxylic acids is 1. The zero-order chi connectivity index (χ0) is 23.0. The molecule has 2 fully saturated rings. The summed E-state index contributed by atoms with van der Waals surface area (Å²) in [6, 6.07) is 10.9. The lowest BCUT2D eigenvalue weighted by Gasteiger charge is -2.50. The largest absolute Gasteiger partial charge is 0.444 e. The molecule has 172 valence electrons. The molecule has 1 saturated heterocycles. The van der Waals surface area contributed by atoms with E-state index in [9.17, 15) is 9.59 Å². The highest BCUT2D eigenvalue weighted by Gasteiger charge is 2.57. The maximum atomic E-state index is 16.6. The van der Waals surface area contributed by atoms with Crippen molar-refractivity contribution < 1.29 is 13.9 Å². The third kappa shape index (κ3) is 4.43. The first-order valence-electron chi connectivity index (χ1n) is 11.4. The lowest BCUT2D eigenvalue weighted by molar-refractivity contribution is -0.0880. The molecule has 0 N–H and O–H groups in total. The van der Waals surface area contributed by atoms with Gasteiger partial charge in [0.25, 0.3) is 5.56 Å². The first-order chi connectivity index (χ1) is 15.1. The maximum Gasteiger partial charge on any atom is 0.410 e. The molecule has 1 unspecified atom stereocenters. The first-order valence-corrected chi connectivity index (χ1v) is 11.4. The van der Waals surface area contributed by atoms with Crippen LogP contribution in [0.15, 0.2) is 47.5 Å². The summed E-state index contributed by atoms with van der Waals surface area (Å²) in [7, 11) is 0. The summed E-state index contributed by atoms with van der Waals surface area (Å²) in [6.07, 6.45) is 4.49. The zero-order valence-electron chi connectivity index (χ0n) is 19.1. The third-order valence-corrected chi connectivity index (χ3v) is 6.80. The van der Waals surface area contributed by atoms with E-state index in [-0.39, 0.29) is 25.1 Å². The minimum absolute atomic E-state index is 0.0456. The van der Waals surface area contributed by atoms with E-state index in [0.717, 1.165) is 18.4 Å². The molecule has 2 aliphatic rings. The summed E-state index contributed by atoms with van der Waals surface area (Å²) in [5.41, 5.74) is -1.68. The fourth-order valence-corrected chi connectivity index (χ4v) is 5.13. The predicted octanol–water partition coefficient (Wildman–Crippen LogP) is 4.82. The van der Waals surface area contributed by atoms with Crippen LogP contribution in [0.4, 0.5) is 9.18 Å².